The molecule has 74 valence electrons. The smallest absolute Gasteiger partial charge is 0.0393 e. The minimum Gasteiger partial charge on any atom is -0.398 e. The Morgan fingerprint density at radius 3 is 2.40 bits per heavy atom. The largest absolute Gasteiger partial charge is 0.398 e. The van der Waals surface area contributed by atoms with Crippen LogP contribution in [0.4, 0.5) is 5.69 Å². The molecule has 0 radical (unpaired) electrons. The highest BCUT2D eigenvalue weighted by Crippen LogP contribution is 2.24. The molecule has 0 aliphatic heterocycles. The molecule has 1 heteroatoms. The number of nitrogen functional groups attached to an aromatic ring is 1. The molecule has 0 spiro atoms. The van der Waals surface area contributed by atoms with Crippen LogP contribution < -0.4 is 5.73 Å². The number of anilines is 1. The average molecular weight is 195 g/mol. The van der Waals surface area contributed by atoms with Crippen LogP contribution in [-0.4, -0.2) is 0 Å². The molecule has 0 aliphatic carbocycles. The fraction of sp³-hybridized carbons (Fsp3) is 0. The molecule has 0 aliphatic rings. The first-order valence-electron chi connectivity index (χ1n) is 4.83. The first-order chi connectivity index (χ1) is 7.24. The fourth-order valence-corrected chi connectivity index (χ4v) is 1.66. The molecule has 15 heavy (non-hydrogen) atoms. The molecule has 0 saturated carbocycles. The summed E-state index contributed by atoms with van der Waals surface area (Å²) in [5, 5.41) is 2.31. The van der Waals surface area contributed by atoms with Crippen molar-refractivity contribution in [1.82, 2.24) is 0 Å². The van der Waals surface area contributed by atoms with Gasteiger partial charge in [0, 0.05) is 5.69 Å². The van der Waals surface area contributed by atoms with E-state index in [9.17, 15) is 0 Å². The molecule has 2 aromatic rings. The molecule has 2 N–H and O–H groups in total. The maximum Gasteiger partial charge on any atom is 0.0393 e. The molecule has 0 saturated heterocycles. The van der Waals surface area contributed by atoms with Crippen LogP contribution in [0.2, 0.25) is 0 Å². The summed E-state index contributed by atoms with van der Waals surface area (Å²) in [6, 6.07) is 10.2. The summed E-state index contributed by atoms with van der Waals surface area (Å²) in [5.74, 6) is 0. The quantitative estimate of drug-likeness (QED) is 0.726. The van der Waals surface area contributed by atoms with E-state index in [0.717, 1.165) is 27.6 Å². The minimum atomic E-state index is 0.767. The Morgan fingerprint density at radius 1 is 0.933 bits per heavy atom. The van der Waals surface area contributed by atoms with E-state index in [0.29, 0.717) is 0 Å². The second kappa shape index (κ2) is 3.62. The number of fused-ring (bicyclic) bond motifs is 1. The van der Waals surface area contributed by atoms with Gasteiger partial charge in [-0.2, -0.15) is 0 Å². The molecule has 2 rings (SSSR count). The van der Waals surface area contributed by atoms with Crippen molar-refractivity contribution < 1.29 is 0 Å². The second-order valence-electron chi connectivity index (χ2n) is 3.50. The third-order valence-electron chi connectivity index (χ3n) is 2.52. The van der Waals surface area contributed by atoms with Gasteiger partial charge in [0.2, 0.25) is 0 Å². The van der Waals surface area contributed by atoms with Crippen LogP contribution in [0.3, 0.4) is 0 Å². The van der Waals surface area contributed by atoms with Gasteiger partial charge < -0.3 is 5.73 Å². The van der Waals surface area contributed by atoms with Crippen molar-refractivity contribution in [1.29, 1.82) is 0 Å². The van der Waals surface area contributed by atoms with Crippen molar-refractivity contribution in [3.8, 4) is 0 Å². The summed E-state index contributed by atoms with van der Waals surface area (Å²) < 4.78 is 0. The van der Waals surface area contributed by atoms with Crippen LogP contribution >= 0.6 is 0 Å². The zero-order chi connectivity index (χ0) is 10.8. The number of rotatable bonds is 2. The lowest BCUT2D eigenvalue weighted by Gasteiger charge is -2.05. The van der Waals surface area contributed by atoms with Crippen LogP contribution in [0.1, 0.15) is 11.1 Å². The lowest BCUT2D eigenvalue weighted by Crippen LogP contribution is -1.89. The highest BCUT2D eigenvalue weighted by molar-refractivity contribution is 5.90. The van der Waals surface area contributed by atoms with Crippen molar-refractivity contribution in [3.63, 3.8) is 0 Å². The normalized spacial score (nSPS) is 10.1. The van der Waals surface area contributed by atoms with Crippen molar-refractivity contribution in [2.75, 3.05) is 5.73 Å². The maximum atomic E-state index is 5.88. The molecule has 0 amide bonds. The summed E-state index contributed by atoms with van der Waals surface area (Å²) in [6.07, 6.45) is 3.61. The molecule has 2 aromatic carbocycles. The van der Waals surface area contributed by atoms with Gasteiger partial charge in [-0.3, -0.25) is 0 Å². The Balaban J connectivity index is 2.76. The van der Waals surface area contributed by atoms with Gasteiger partial charge in [0.1, 0.15) is 0 Å². The van der Waals surface area contributed by atoms with Crippen LogP contribution in [-0.2, 0) is 0 Å². The Bertz CT molecular complexity index is 538. The lowest BCUT2D eigenvalue weighted by molar-refractivity contribution is 1.67. The average Bonchev–Trinajstić information content (AvgIpc) is 2.27. The van der Waals surface area contributed by atoms with Crippen molar-refractivity contribution in [3.05, 3.63) is 54.6 Å². The summed E-state index contributed by atoms with van der Waals surface area (Å²) in [4.78, 5) is 0. The standard InChI is InChI=1S/C14H13N/c1-3-10-5-6-12-9-14(15)11(4-2)8-13(12)7-10/h3-9H,1-2,15H2. The van der Waals surface area contributed by atoms with Crippen LogP contribution in [0, 0.1) is 0 Å². The van der Waals surface area contributed by atoms with E-state index >= 15 is 0 Å². The Labute approximate surface area is 89.5 Å². The monoisotopic (exact) mass is 195 g/mol. The van der Waals surface area contributed by atoms with E-state index in [1.807, 2.05) is 24.3 Å². The van der Waals surface area contributed by atoms with Crippen molar-refractivity contribution in [2.45, 2.75) is 0 Å². The van der Waals surface area contributed by atoms with Gasteiger partial charge in [0.25, 0.3) is 0 Å². The predicted molar refractivity (Wildman–Crippen MR) is 68.5 cm³/mol. The topological polar surface area (TPSA) is 26.0 Å². The van der Waals surface area contributed by atoms with E-state index < -0.39 is 0 Å². The zero-order valence-electron chi connectivity index (χ0n) is 8.53. The van der Waals surface area contributed by atoms with Crippen LogP contribution in [0.15, 0.2) is 43.5 Å². The molecular weight excluding hydrogens is 182 g/mol. The van der Waals surface area contributed by atoms with Gasteiger partial charge in [-0.15, -0.1) is 0 Å². The summed E-state index contributed by atoms with van der Waals surface area (Å²) in [6.45, 7) is 7.49. The third kappa shape index (κ3) is 1.64. The van der Waals surface area contributed by atoms with E-state index in [1.165, 1.54) is 0 Å². The van der Waals surface area contributed by atoms with Crippen LogP contribution in [0.5, 0.6) is 0 Å². The fourth-order valence-electron chi connectivity index (χ4n) is 1.66. The van der Waals surface area contributed by atoms with Gasteiger partial charge in [-0.1, -0.05) is 37.4 Å². The van der Waals surface area contributed by atoms with E-state index in [1.54, 1.807) is 6.08 Å². The molecule has 0 atom stereocenters. The van der Waals surface area contributed by atoms with Gasteiger partial charge in [-0.05, 0) is 40.1 Å². The number of benzene rings is 2. The minimum absolute atomic E-state index is 0.767. The van der Waals surface area contributed by atoms with E-state index in [4.69, 9.17) is 5.73 Å². The molecule has 0 bridgehead atoms. The Morgan fingerprint density at radius 2 is 1.73 bits per heavy atom. The second-order valence-corrected chi connectivity index (χ2v) is 3.50. The zero-order valence-corrected chi connectivity index (χ0v) is 8.53. The highest BCUT2D eigenvalue weighted by Gasteiger charge is 1.99. The van der Waals surface area contributed by atoms with Crippen LogP contribution in [0.25, 0.3) is 22.9 Å². The van der Waals surface area contributed by atoms with Crippen molar-refractivity contribution >= 4 is 28.6 Å². The van der Waals surface area contributed by atoms with Gasteiger partial charge in [-0.25, -0.2) is 0 Å². The summed E-state index contributed by atoms with van der Waals surface area (Å²) >= 11 is 0. The molecule has 0 unspecified atom stereocenters. The number of hydrogen-bond acceptors (Lipinski definition) is 1. The summed E-state index contributed by atoms with van der Waals surface area (Å²) in [5.41, 5.74) is 8.73. The van der Waals surface area contributed by atoms with Gasteiger partial charge in [0.05, 0.1) is 0 Å². The summed E-state index contributed by atoms with van der Waals surface area (Å²) in [7, 11) is 0. The molecule has 0 aromatic heterocycles. The SMILES string of the molecule is C=Cc1ccc2cc(N)c(C=C)cc2c1. The van der Waals surface area contributed by atoms with E-state index in [-0.39, 0.29) is 0 Å². The lowest BCUT2D eigenvalue weighted by atomic mass is 10.0. The number of nitrogens with two attached hydrogens (primary N) is 1. The molecule has 0 heterocycles. The predicted octanol–water partition coefficient (Wildman–Crippen LogP) is 3.71. The van der Waals surface area contributed by atoms with Gasteiger partial charge >= 0.3 is 0 Å². The molecular formula is C14H13N. The van der Waals surface area contributed by atoms with Crippen molar-refractivity contribution in [2.24, 2.45) is 0 Å². The molecule has 1 nitrogen and oxygen atoms in total. The maximum absolute atomic E-state index is 5.88. The first-order valence-corrected chi connectivity index (χ1v) is 4.83. The molecule has 0 fully saturated rings. The van der Waals surface area contributed by atoms with Gasteiger partial charge in [0.15, 0.2) is 0 Å². The third-order valence-corrected chi connectivity index (χ3v) is 2.52. The highest BCUT2D eigenvalue weighted by atomic mass is 14.6. The first kappa shape index (κ1) is 9.53. The van der Waals surface area contributed by atoms with E-state index in [2.05, 4.69) is 25.3 Å². The number of hydrogen-bond donors (Lipinski definition) is 1. The Hall–Kier alpha value is -2.02. The Kier molecular flexibility index (Phi) is 2.30.